The molecule has 0 aliphatic heterocycles. The predicted octanol–water partition coefficient (Wildman–Crippen LogP) is 2.96. The van der Waals surface area contributed by atoms with Gasteiger partial charge in [-0.25, -0.2) is 9.59 Å². The van der Waals surface area contributed by atoms with Gasteiger partial charge in [0.2, 0.25) is 5.76 Å². The first-order chi connectivity index (χ1) is 8.56. The van der Waals surface area contributed by atoms with Crippen LogP contribution >= 0.6 is 15.9 Å². The molecule has 0 aliphatic rings. The Morgan fingerprint density at radius 2 is 2.00 bits per heavy atom. The summed E-state index contributed by atoms with van der Waals surface area (Å²) >= 11 is 3.06. The first-order valence-electron chi connectivity index (χ1n) is 4.87. The van der Waals surface area contributed by atoms with Crippen molar-refractivity contribution >= 4 is 27.9 Å². The number of carboxylic acid groups (broad SMARTS) is 1. The molecule has 5 nitrogen and oxygen atoms in total. The minimum Gasteiger partial charge on any atom is -0.478 e. The number of carbonyl (C=O) groups excluding carboxylic acids is 1. The lowest BCUT2D eigenvalue weighted by Crippen LogP contribution is -2.07. The standard InChI is InChI=1S/C12H7BrO5/c13-10-5-4-9(18-10)12(16)17-8-3-1-2-7(6-8)11(14)15/h1-6H,(H,14,15). The molecule has 1 aromatic carbocycles. The molecule has 1 aromatic heterocycles. The maximum absolute atomic E-state index is 11.6. The third-order valence-corrected chi connectivity index (χ3v) is 2.49. The van der Waals surface area contributed by atoms with Crippen molar-refractivity contribution in [3.8, 4) is 5.75 Å². The fourth-order valence-corrected chi connectivity index (χ4v) is 1.58. The van der Waals surface area contributed by atoms with Crippen molar-refractivity contribution in [2.24, 2.45) is 0 Å². The van der Waals surface area contributed by atoms with E-state index in [2.05, 4.69) is 15.9 Å². The summed E-state index contributed by atoms with van der Waals surface area (Å²) in [6.45, 7) is 0. The molecule has 0 aliphatic carbocycles. The van der Waals surface area contributed by atoms with Crippen molar-refractivity contribution in [2.45, 2.75) is 0 Å². The number of carboxylic acids is 1. The van der Waals surface area contributed by atoms with Crippen LogP contribution in [0.5, 0.6) is 5.75 Å². The van der Waals surface area contributed by atoms with Gasteiger partial charge < -0.3 is 14.3 Å². The second kappa shape index (κ2) is 5.05. The van der Waals surface area contributed by atoms with Crippen LogP contribution < -0.4 is 4.74 Å². The third-order valence-electron chi connectivity index (χ3n) is 2.07. The van der Waals surface area contributed by atoms with E-state index in [4.69, 9.17) is 14.3 Å². The number of benzene rings is 1. The maximum Gasteiger partial charge on any atom is 0.379 e. The number of hydrogen-bond acceptors (Lipinski definition) is 4. The van der Waals surface area contributed by atoms with Crippen molar-refractivity contribution in [2.75, 3.05) is 0 Å². The molecule has 0 spiro atoms. The number of esters is 1. The van der Waals surface area contributed by atoms with E-state index >= 15 is 0 Å². The molecule has 2 aromatic rings. The van der Waals surface area contributed by atoms with Crippen LogP contribution in [0.1, 0.15) is 20.9 Å². The van der Waals surface area contributed by atoms with Gasteiger partial charge in [-0.15, -0.1) is 0 Å². The van der Waals surface area contributed by atoms with Crippen molar-refractivity contribution < 1.29 is 23.8 Å². The SMILES string of the molecule is O=C(O)c1cccc(OC(=O)c2ccc(Br)o2)c1. The molecule has 0 atom stereocenters. The van der Waals surface area contributed by atoms with Crippen LogP contribution in [0.2, 0.25) is 0 Å². The normalized spacial score (nSPS) is 10.1. The summed E-state index contributed by atoms with van der Waals surface area (Å²) in [4.78, 5) is 22.4. The van der Waals surface area contributed by atoms with E-state index in [1.54, 1.807) is 6.07 Å². The molecule has 0 saturated carbocycles. The summed E-state index contributed by atoms with van der Waals surface area (Å²) in [5, 5.41) is 8.80. The second-order valence-corrected chi connectivity index (χ2v) is 4.11. The summed E-state index contributed by atoms with van der Waals surface area (Å²) in [5.74, 6) is -1.60. The Kier molecular flexibility index (Phi) is 3.47. The lowest BCUT2D eigenvalue weighted by atomic mass is 10.2. The summed E-state index contributed by atoms with van der Waals surface area (Å²) < 4.78 is 10.4. The van der Waals surface area contributed by atoms with Crippen molar-refractivity contribution in [3.63, 3.8) is 0 Å². The van der Waals surface area contributed by atoms with Crippen LogP contribution in [0.25, 0.3) is 0 Å². The number of ether oxygens (including phenoxy) is 1. The van der Waals surface area contributed by atoms with Crippen LogP contribution in [-0.4, -0.2) is 17.0 Å². The zero-order valence-corrected chi connectivity index (χ0v) is 10.5. The van der Waals surface area contributed by atoms with Crippen molar-refractivity contribution in [1.82, 2.24) is 0 Å². The maximum atomic E-state index is 11.6. The van der Waals surface area contributed by atoms with Crippen LogP contribution in [0.15, 0.2) is 45.5 Å². The third kappa shape index (κ3) is 2.78. The van der Waals surface area contributed by atoms with Crippen LogP contribution in [0.3, 0.4) is 0 Å². The minimum absolute atomic E-state index is 0.0302. The van der Waals surface area contributed by atoms with Crippen molar-refractivity contribution in [3.05, 3.63) is 52.4 Å². The average molecular weight is 311 g/mol. The lowest BCUT2D eigenvalue weighted by Gasteiger charge is -2.02. The van der Waals surface area contributed by atoms with Gasteiger partial charge in [-0.05, 0) is 46.3 Å². The quantitative estimate of drug-likeness (QED) is 0.696. The highest BCUT2D eigenvalue weighted by atomic mass is 79.9. The molecule has 0 fully saturated rings. The van der Waals surface area contributed by atoms with Crippen molar-refractivity contribution in [1.29, 1.82) is 0 Å². The molecule has 6 heteroatoms. The summed E-state index contributed by atoms with van der Waals surface area (Å²) in [7, 11) is 0. The van der Waals surface area contributed by atoms with Crippen LogP contribution in [-0.2, 0) is 0 Å². The number of rotatable bonds is 3. The molecular formula is C12H7BrO5. The number of hydrogen-bond donors (Lipinski definition) is 1. The highest BCUT2D eigenvalue weighted by Crippen LogP contribution is 2.18. The number of halogens is 1. The topological polar surface area (TPSA) is 76.7 Å². The van der Waals surface area contributed by atoms with Gasteiger partial charge in [0, 0.05) is 0 Å². The minimum atomic E-state index is -1.09. The second-order valence-electron chi connectivity index (χ2n) is 3.33. The van der Waals surface area contributed by atoms with E-state index in [0.29, 0.717) is 4.67 Å². The number of aromatic carboxylic acids is 1. The molecule has 0 saturated heterocycles. The smallest absolute Gasteiger partial charge is 0.379 e. The molecule has 2 rings (SSSR count). The van der Waals surface area contributed by atoms with Gasteiger partial charge in [0.05, 0.1) is 5.56 Å². The highest BCUT2D eigenvalue weighted by molar-refractivity contribution is 9.10. The monoisotopic (exact) mass is 310 g/mol. The zero-order chi connectivity index (χ0) is 13.1. The number of carbonyl (C=O) groups is 2. The van der Waals surface area contributed by atoms with Crippen LogP contribution in [0.4, 0.5) is 0 Å². The Bertz CT molecular complexity index is 602. The highest BCUT2D eigenvalue weighted by Gasteiger charge is 2.14. The van der Waals surface area contributed by atoms with E-state index in [0.717, 1.165) is 0 Å². The Labute approximate surface area is 110 Å². The Morgan fingerprint density at radius 1 is 1.22 bits per heavy atom. The van der Waals surface area contributed by atoms with Gasteiger partial charge in [-0.2, -0.15) is 0 Å². The lowest BCUT2D eigenvalue weighted by molar-refractivity contribution is 0.0678. The zero-order valence-electron chi connectivity index (χ0n) is 8.92. The van der Waals surface area contributed by atoms with E-state index in [1.165, 1.54) is 30.3 Å². The van der Waals surface area contributed by atoms with E-state index in [9.17, 15) is 9.59 Å². The van der Waals surface area contributed by atoms with E-state index in [1.807, 2.05) is 0 Å². The van der Waals surface area contributed by atoms with E-state index < -0.39 is 11.9 Å². The van der Waals surface area contributed by atoms with Gasteiger partial charge in [0.1, 0.15) is 5.75 Å². The first kappa shape index (κ1) is 12.4. The molecule has 0 unspecified atom stereocenters. The molecule has 1 N–H and O–H groups in total. The largest absolute Gasteiger partial charge is 0.478 e. The van der Waals surface area contributed by atoms with Gasteiger partial charge in [-0.3, -0.25) is 0 Å². The average Bonchev–Trinajstić information content (AvgIpc) is 2.76. The first-order valence-corrected chi connectivity index (χ1v) is 5.66. The molecule has 0 amide bonds. The van der Waals surface area contributed by atoms with Crippen LogP contribution in [0, 0.1) is 0 Å². The van der Waals surface area contributed by atoms with Gasteiger partial charge >= 0.3 is 11.9 Å². The van der Waals surface area contributed by atoms with Gasteiger partial charge in [0.15, 0.2) is 4.67 Å². The molecule has 18 heavy (non-hydrogen) atoms. The summed E-state index contributed by atoms with van der Waals surface area (Å²) in [5.41, 5.74) is 0.0425. The van der Waals surface area contributed by atoms with E-state index in [-0.39, 0.29) is 17.1 Å². The molecule has 0 bridgehead atoms. The van der Waals surface area contributed by atoms with Gasteiger partial charge in [0.25, 0.3) is 0 Å². The number of furan rings is 1. The summed E-state index contributed by atoms with van der Waals surface area (Å²) in [6, 6.07) is 8.66. The molecule has 1 heterocycles. The fourth-order valence-electron chi connectivity index (χ4n) is 1.27. The fraction of sp³-hybridized carbons (Fsp3) is 0. The molecular weight excluding hydrogens is 304 g/mol. The Balaban J connectivity index is 2.16. The summed E-state index contributed by atoms with van der Waals surface area (Å²) in [6.07, 6.45) is 0. The molecule has 92 valence electrons. The Hall–Kier alpha value is -2.08. The Morgan fingerprint density at radius 3 is 2.61 bits per heavy atom. The predicted molar refractivity (Wildman–Crippen MR) is 64.8 cm³/mol. The van der Waals surface area contributed by atoms with Gasteiger partial charge in [-0.1, -0.05) is 6.07 Å². The molecule has 0 radical (unpaired) electrons.